The Balaban J connectivity index is 1.95. The lowest BCUT2D eigenvalue weighted by Gasteiger charge is -2.19. The van der Waals surface area contributed by atoms with Crippen molar-refractivity contribution >= 4 is 34.6 Å². The maximum absolute atomic E-state index is 12.9. The molecular formula is C21H22N2O2S. The fourth-order valence-electron chi connectivity index (χ4n) is 2.78. The lowest BCUT2D eigenvalue weighted by Crippen LogP contribution is -2.35. The first-order chi connectivity index (χ1) is 12.5. The van der Waals surface area contributed by atoms with Gasteiger partial charge in [0, 0.05) is 6.04 Å². The molecule has 5 heteroatoms. The number of aliphatic imine (C=N–C) groups is 1. The van der Waals surface area contributed by atoms with Crippen molar-refractivity contribution in [2.75, 3.05) is 7.11 Å². The van der Waals surface area contributed by atoms with Gasteiger partial charge in [-0.25, -0.2) is 4.99 Å². The molecular weight excluding hydrogens is 344 g/mol. The normalized spacial score (nSPS) is 17.6. The number of carbonyl (C=O) groups is 1. The van der Waals surface area contributed by atoms with E-state index in [1.165, 1.54) is 11.8 Å². The molecule has 0 aliphatic carbocycles. The van der Waals surface area contributed by atoms with Crippen LogP contribution in [0.1, 0.15) is 25.0 Å². The van der Waals surface area contributed by atoms with Gasteiger partial charge in [-0.2, -0.15) is 0 Å². The Morgan fingerprint density at radius 3 is 2.50 bits per heavy atom. The lowest BCUT2D eigenvalue weighted by molar-refractivity contribution is -0.123. The van der Waals surface area contributed by atoms with E-state index < -0.39 is 0 Å². The summed E-state index contributed by atoms with van der Waals surface area (Å²) >= 11 is 1.42. The van der Waals surface area contributed by atoms with Crippen LogP contribution in [-0.2, 0) is 4.79 Å². The monoisotopic (exact) mass is 366 g/mol. The van der Waals surface area contributed by atoms with Gasteiger partial charge < -0.3 is 4.74 Å². The van der Waals surface area contributed by atoms with Crippen molar-refractivity contribution in [1.82, 2.24) is 4.90 Å². The molecule has 0 unspecified atom stereocenters. The van der Waals surface area contributed by atoms with E-state index in [4.69, 9.17) is 4.74 Å². The van der Waals surface area contributed by atoms with E-state index in [2.05, 4.69) is 4.99 Å². The molecule has 0 atom stereocenters. The van der Waals surface area contributed by atoms with Crippen LogP contribution in [0.15, 0.2) is 58.4 Å². The van der Waals surface area contributed by atoms with Gasteiger partial charge in [0.15, 0.2) is 5.17 Å². The SMILES string of the molecule is COc1ccc(/C=C2/SC(=Nc3ccccc3)N(C(C)C)C2=O)cc1C. The third kappa shape index (κ3) is 3.83. The minimum Gasteiger partial charge on any atom is -0.496 e. The molecule has 0 spiro atoms. The highest BCUT2D eigenvalue weighted by Gasteiger charge is 2.35. The molecule has 3 rings (SSSR count). The second-order valence-corrected chi connectivity index (χ2v) is 7.35. The van der Waals surface area contributed by atoms with Crippen LogP contribution in [0.2, 0.25) is 0 Å². The van der Waals surface area contributed by atoms with Gasteiger partial charge in [-0.1, -0.05) is 24.3 Å². The summed E-state index contributed by atoms with van der Waals surface area (Å²) in [6, 6.07) is 15.6. The summed E-state index contributed by atoms with van der Waals surface area (Å²) in [5, 5.41) is 0.715. The van der Waals surface area contributed by atoms with E-state index >= 15 is 0 Å². The second kappa shape index (κ2) is 7.79. The van der Waals surface area contributed by atoms with Gasteiger partial charge in [0.25, 0.3) is 5.91 Å². The van der Waals surface area contributed by atoms with E-state index in [0.29, 0.717) is 10.1 Å². The maximum Gasteiger partial charge on any atom is 0.266 e. The number of hydrogen-bond acceptors (Lipinski definition) is 4. The fourth-order valence-corrected chi connectivity index (χ4v) is 3.90. The number of thioether (sulfide) groups is 1. The summed E-state index contributed by atoms with van der Waals surface area (Å²) in [5.74, 6) is 0.834. The number of ether oxygens (including phenoxy) is 1. The first kappa shape index (κ1) is 18.3. The Kier molecular flexibility index (Phi) is 5.47. The molecule has 1 aliphatic rings. The average molecular weight is 366 g/mol. The Bertz CT molecular complexity index is 873. The van der Waals surface area contributed by atoms with Crippen molar-refractivity contribution in [3.8, 4) is 5.75 Å². The number of carbonyl (C=O) groups excluding carboxylic acids is 1. The van der Waals surface area contributed by atoms with Crippen LogP contribution in [0.4, 0.5) is 5.69 Å². The van der Waals surface area contributed by atoms with Crippen molar-refractivity contribution in [1.29, 1.82) is 0 Å². The minimum atomic E-state index is -0.00634. The average Bonchev–Trinajstić information content (AvgIpc) is 2.91. The predicted octanol–water partition coefficient (Wildman–Crippen LogP) is 5.02. The number of amides is 1. The number of amidine groups is 1. The van der Waals surface area contributed by atoms with E-state index in [1.807, 2.05) is 75.4 Å². The van der Waals surface area contributed by atoms with Crippen molar-refractivity contribution in [2.24, 2.45) is 4.99 Å². The molecule has 0 bridgehead atoms. The van der Waals surface area contributed by atoms with Gasteiger partial charge in [-0.15, -0.1) is 0 Å². The summed E-state index contributed by atoms with van der Waals surface area (Å²) in [5.41, 5.74) is 2.86. The van der Waals surface area contributed by atoms with Gasteiger partial charge in [0.1, 0.15) is 5.75 Å². The van der Waals surface area contributed by atoms with Crippen molar-refractivity contribution in [3.63, 3.8) is 0 Å². The van der Waals surface area contributed by atoms with Gasteiger partial charge in [-0.3, -0.25) is 9.69 Å². The molecule has 0 N–H and O–H groups in total. The molecule has 134 valence electrons. The molecule has 4 nitrogen and oxygen atoms in total. The van der Waals surface area contributed by atoms with Gasteiger partial charge in [-0.05, 0) is 74.0 Å². The van der Waals surface area contributed by atoms with Crippen LogP contribution in [0.5, 0.6) is 5.75 Å². The number of rotatable bonds is 4. The van der Waals surface area contributed by atoms with Crippen LogP contribution < -0.4 is 4.74 Å². The summed E-state index contributed by atoms with van der Waals surface area (Å²) in [7, 11) is 1.66. The highest BCUT2D eigenvalue weighted by molar-refractivity contribution is 8.18. The van der Waals surface area contributed by atoms with Crippen LogP contribution in [0.25, 0.3) is 6.08 Å². The number of methoxy groups -OCH3 is 1. The molecule has 1 amide bonds. The third-order valence-corrected chi connectivity index (χ3v) is 5.03. The molecule has 2 aromatic carbocycles. The first-order valence-corrected chi connectivity index (χ1v) is 9.32. The molecule has 0 radical (unpaired) electrons. The van der Waals surface area contributed by atoms with Gasteiger partial charge in [0.05, 0.1) is 17.7 Å². The summed E-state index contributed by atoms with van der Waals surface area (Å²) < 4.78 is 5.30. The standard InChI is InChI=1S/C21H22N2O2S/c1-14(2)23-20(24)19(13-16-10-11-18(25-4)15(3)12-16)26-21(23)22-17-8-6-5-7-9-17/h5-14H,1-4H3/b19-13+,22-21?. The smallest absolute Gasteiger partial charge is 0.266 e. The largest absolute Gasteiger partial charge is 0.496 e. The zero-order valence-electron chi connectivity index (χ0n) is 15.4. The number of para-hydroxylation sites is 1. The van der Waals surface area contributed by atoms with Crippen LogP contribution >= 0.6 is 11.8 Å². The molecule has 0 aromatic heterocycles. The van der Waals surface area contributed by atoms with E-state index in [-0.39, 0.29) is 11.9 Å². The predicted molar refractivity (Wildman–Crippen MR) is 109 cm³/mol. The number of hydrogen-bond donors (Lipinski definition) is 0. The van der Waals surface area contributed by atoms with Crippen LogP contribution in [-0.4, -0.2) is 29.1 Å². The van der Waals surface area contributed by atoms with E-state index in [1.54, 1.807) is 12.0 Å². The first-order valence-electron chi connectivity index (χ1n) is 8.51. The van der Waals surface area contributed by atoms with Crippen molar-refractivity contribution in [3.05, 3.63) is 64.6 Å². The van der Waals surface area contributed by atoms with Crippen molar-refractivity contribution in [2.45, 2.75) is 26.8 Å². The molecule has 0 saturated carbocycles. The Morgan fingerprint density at radius 1 is 1.15 bits per heavy atom. The third-order valence-electron chi connectivity index (χ3n) is 4.05. The van der Waals surface area contributed by atoms with Gasteiger partial charge in [0.2, 0.25) is 0 Å². The number of nitrogens with zero attached hydrogens (tertiary/aromatic N) is 2. The van der Waals surface area contributed by atoms with Crippen LogP contribution in [0.3, 0.4) is 0 Å². The summed E-state index contributed by atoms with van der Waals surface area (Å²) in [4.78, 5) is 20.0. The quantitative estimate of drug-likeness (QED) is 0.714. The highest BCUT2D eigenvalue weighted by atomic mass is 32.2. The van der Waals surface area contributed by atoms with Gasteiger partial charge >= 0.3 is 0 Å². The number of aryl methyl sites for hydroxylation is 1. The second-order valence-electron chi connectivity index (χ2n) is 6.34. The van der Waals surface area contributed by atoms with E-state index in [0.717, 1.165) is 22.6 Å². The topological polar surface area (TPSA) is 41.9 Å². The minimum absolute atomic E-state index is 0.00634. The fraction of sp³-hybridized carbons (Fsp3) is 0.238. The molecule has 1 heterocycles. The number of benzene rings is 2. The Morgan fingerprint density at radius 2 is 1.88 bits per heavy atom. The van der Waals surface area contributed by atoms with E-state index in [9.17, 15) is 4.79 Å². The zero-order chi connectivity index (χ0) is 18.7. The van der Waals surface area contributed by atoms with Crippen molar-refractivity contribution < 1.29 is 9.53 Å². The summed E-state index contributed by atoms with van der Waals surface area (Å²) in [6.45, 7) is 5.99. The molecule has 1 saturated heterocycles. The summed E-state index contributed by atoms with van der Waals surface area (Å²) in [6.07, 6.45) is 1.92. The zero-order valence-corrected chi connectivity index (χ0v) is 16.2. The molecule has 26 heavy (non-hydrogen) atoms. The maximum atomic E-state index is 12.9. The molecule has 2 aromatic rings. The molecule has 1 fully saturated rings. The Labute approximate surface area is 158 Å². The Hall–Kier alpha value is -2.53. The van der Waals surface area contributed by atoms with Crippen LogP contribution in [0, 0.1) is 6.92 Å². The highest BCUT2D eigenvalue weighted by Crippen LogP contribution is 2.35. The lowest BCUT2D eigenvalue weighted by atomic mass is 10.1. The molecule has 1 aliphatic heterocycles.